The van der Waals surface area contributed by atoms with Gasteiger partial charge in [0.05, 0.1) is 12.5 Å². The van der Waals surface area contributed by atoms with Crippen molar-refractivity contribution in [2.45, 2.75) is 95.0 Å². The van der Waals surface area contributed by atoms with Crippen LogP contribution in [-0.4, -0.2) is 129 Å². The Kier molecular flexibility index (Phi) is 18.6. The van der Waals surface area contributed by atoms with Crippen molar-refractivity contribution in [3.8, 4) is 5.75 Å². The molecule has 3 aromatic rings. The van der Waals surface area contributed by atoms with Crippen LogP contribution in [0, 0.1) is 5.92 Å². The first-order chi connectivity index (χ1) is 29.5. The maximum Gasteiger partial charge on any atom is 0.322 e. The van der Waals surface area contributed by atoms with E-state index < -0.39 is 96.6 Å². The number of phenols is 1. The zero-order valence-electron chi connectivity index (χ0n) is 34.8. The lowest BCUT2D eigenvalue weighted by atomic mass is 9.99. The number of benzene rings is 2. The molecule has 2 heterocycles. The van der Waals surface area contributed by atoms with E-state index >= 15 is 0 Å². The first kappa shape index (κ1) is 48.5. The van der Waals surface area contributed by atoms with E-state index in [1.807, 2.05) is 24.3 Å². The largest absolute Gasteiger partial charge is 0.508 e. The van der Waals surface area contributed by atoms with E-state index in [1.165, 1.54) is 23.9 Å². The molecule has 62 heavy (non-hydrogen) atoms. The number of rotatable bonds is 24. The van der Waals surface area contributed by atoms with Crippen LogP contribution in [0.2, 0.25) is 0 Å². The van der Waals surface area contributed by atoms with Crippen LogP contribution in [0.5, 0.6) is 5.75 Å². The molecule has 19 nitrogen and oxygen atoms in total. The highest BCUT2D eigenvalue weighted by molar-refractivity contribution is 7.98. The zero-order chi connectivity index (χ0) is 45.3. The summed E-state index contributed by atoms with van der Waals surface area (Å²) in [7, 11) is 0. The minimum atomic E-state index is -1.71. The van der Waals surface area contributed by atoms with Gasteiger partial charge in [0.15, 0.2) is 0 Å². The van der Waals surface area contributed by atoms with Gasteiger partial charge in [0.1, 0.15) is 42.5 Å². The van der Waals surface area contributed by atoms with Crippen LogP contribution >= 0.6 is 11.8 Å². The van der Waals surface area contributed by atoms with Crippen LogP contribution in [0.3, 0.4) is 0 Å². The quantitative estimate of drug-likeness (QED) is 0.0579. The third-order valence-electron chi connectivity index (χ3n) is 10.1. The highest BCUT2D eigenvalue weighted by Crippen LogP contribution is 2.20. The summed E-state index contributed by atoms with van der Waals surface area (Å²) < 4.78 is 0. The molecule has 1 aromatic heterocycles. The number of nitrogens with one attached hydrogen (secondary N) is 8. The second kappa shape index (κ2) is 23.7. The van der Waals surface area contributed by atoms with Crippen LogP contribution in [0.1, 0.15) is 57.1 Å². The summed E-state index contributed by atoms with van der Waals surface area (Å²) in [4.78, 5) is 108. The number of fused-ring (bicyclic) bond motifs is 1. The molecule has 0 bridgehead atoms. The average molecular weight is 881 g/mol. The summed E-state index contributed by atoms with van der Waals surface area (Å²) in [5, 5.41) is 47.8. The Hall–Kier alpha value is -6.15. The molecule has 0 saturated carbocycles. The van der Waals surface area contributed by atoms with Gasteiger partial charge in [-0.15, -0.1) is 0 Å². The van der Waals surface area contributed by atoms with Gasteiger partial charge < -0.3 is 57.5 Å². The van der Waals surface area contributed by atoms with Crippen LogP contribution in [0.4, 0.5) is 0 Å². The number of carboxylic acids is 2. The number of hydrogen-bond acceptors (Lipinski definition) is 11. The van der Waals surface area contributed by atoms with Crippen molar-refractivity contribution in [2.75, 3.05) is 25.1 Å². The number of hydrogen-bond donors (Lipinski definition) is 11. The molecule has 6 amide bonds. The average Bonchev–Trinajstić information content (AvgIpc) is 3.92. The molecular weight excluding hydrogens is 825 g/mol. The summed E-state index contributed by atoms with van der Waals surface area (Å²) in [6.45, 7) is 3.47. The number of amides is 6. The maximum atomic E-state index is 14.4. The molecule has 0 radical (unpaired) electrons. The molecule has 336 valence electrons. The number of para-hydroxylation sites is 1. The predicted octanol–water partition coefficient (Wildman–Crippen LogP) is 0.309. The molecule has 2 aromatic carbocycles. The summed E-state index contributed by atoms with van der Waals surface area (Å²) in [6.07, 6.45) is 3.94. The number of thioether (sulfide) groups is 1. The highest BCUT2D eigenvalue weighted by Gasteiger charge is 2.35. The first-order valence-electron chi connectivity index (χ1n) is 20.3. The number of aromatic amines is 1. The second-order valence-corrected chi connectivity index (χ2v) is 16.5. The monoisotopic (exact) mass is 880 g/mol. The van der Waals surface area contributed by atoms with Gasteiger partial charge >= 0.3 is 11.9 Å². The van der Waals surface area contributed by atoms with Crippen LogP contribution < -0.4 is 37.2 Å². The summed E-state index contributed by atoms with van der Waals surface area (Å²) in [5.74, 6) is -7.24. The van der Waals surface area contributed by atoms with Crippen molar-refractivity contribution < 1.29 is 53.7 Å². The summed E-state index contributed by atoms with van der Waals surface area (Å²) in [5.41, 5.74) is 2.04. The normalized spacial score (nSPS) is 16.0. The zero-order valence-corrected chi connectivity index (χ0v) is 35.6. The Morgan fingerprint density at radius 2 is 1.35 bits per heavy atom. The van der Waals surface area contributed by atoms with Gasteiger partial charge in [-0.25, -0.2) is 0 Å². The van der Waals surface area contributed by atoms with E-state index in [0.29, 0.717) is 29.8 Å². The molecule has 0 unspecified atom stereocenters. The molecule has 11 N–H and O–H groups in total. The van der Waals surface area contributed by atoms with E-state index in [1.54, 1.807) is 38.4 Å². The fourth-order valence-corrected chi connectivity index (χ4v) is 7.43. The standard InChI is InChI=1S/C42H56N8O11S/c1-23(2)17-31(39(58)50-34(20-35(52)53)42(61)46-30(14-16-62-3)37(56)45-22-36(54)55)47-41(60)33(19-25-21-44-28-8-5-4-7-27(25)28)49-40(59)32(18-24-10-12-26(51)13-11-24)48-38(57)29-9-6-15-43-29/h4-5,7-8,10-13,21,23,29-34,43-44,51H,6,9,14-20,22H2,1-3H3,(H,45,56)(H,46,61)(H,47,60)(H,48,57)(H,49,59)(H,50,58)(H,52,53)(H,54,55)/t29-,30-,31-,32-,33-,34-/m0/s1. The van der Waals surface area contributed by atoms with Crippen molar-refractivity contribution in [3.63, 3.8) is 0 Å². The number of carbonyl (C=O) groups excluding carboxylic acids is 6. The highest BCUT2D eigenvalue weighted by atomic mass is 32.2. The van der Waals surface area contributed by atoms with Gasteiger partial charge in [-0.05, 0) is 79.5 Å². The fraction of sp³-hybridized carbons (Fsp3) is 0.476. The minimum absolute atomic E-state index is 0.00930. The van der Waals surface area contributed by atoms with Gasteiger partial charge in [-0.3, -0.25) is 38.4 Å². The molecule has 1 aliphatic heterocycles. The SMILES string of the molecule is CSCC[C@H](NC(=O)[C@H](CC(=O)O)NC(=O)[C@H](CC(C)C)NC(=O)[C@H](Cc1c[nH]c2ccccc12)NC(=O)[C@H](Cc1ccc(O)cc1)NC(=O)[C@@H]1CCCN1)C(=O)NCC(=O)O. The van der Waals surface area contributed by atoms with Gasteiger partial charge in [-0.1, -0.05) is 44.2 Å². The van der Waals surface area contributed by atoms with Crippen molar-refractivity contribution in [1.29, 1.82) is 0 Å². The summed E-state index contributed by atoms with van der Waals surface area (Å²) >= 11 is 1.35. The molecule has 4 rings (SSSR count). The van der Waals surface area contributed by atoms with Gasteiger partial charge in [0, 0.05) is 29.9 Å². The third-order valence-corrected chi connectivity index (χ3v) is 10.8. The number of phenolic OH excluding ortho intramolecular Hbond substituents is 1. The smallest absolute Gasteiger partial charge is 0.322 e. The number of H-pyrrole nitrogens is 1. The van der Waals surface area contributed by atoms with Gasteiger partial charge in [0.25, 0.3) is 0 Å². The van der Waals surface area contributed by atoms with E-state index in [0.717, 1.165) is 17.3 Å². The van der Waals surface area contributed by atoms with Crippen molar-refractivity contribution in [1.82, 2.24) is 42.2 Å². The molecule has 0 aliphatic carbocycles. The van der Waals surface area contributed by atoms with Gasteiger partial charge in [-0.2, -0.15) is 11.8 Å². The molecule has 1 fully saturated rings. The van der Waals surface area contributed by atoms with E-state index in [4.69, 9.17) is 5.11 Å². The Morgan fingerprint density at radius 3 is 1.98 bits per heavy atom. The van der Waals surface area contributed by atoms with Crippen LogP contribution in [-0.2, 0) is 51.2 Å². The fourth-order valence-electron chi connectivity index (χ4n) is 6.95. The molecular formula is C42H56N8O11S. The van der Waals surface area contributed by atoms with E-state index in [-0.39, 0.29) is 37.4 Å². The van der Waals surface area contributed by atoms with Crippen molar-refractivity contribution in [3.05, 3.63) is 65.9 Å². The Morgan fingerprint density at radius 1 is 0.742 bits per heavy atom. The first-order valence-corrected chi connectivity index (χ1v) is 21.7. The molecule has 20 heteroatoms. The lowest BCUT2D eigenvalue weighted by Gasteiger charge is -2.28. The summed E-state index contributed by atoms with van der Waals surface area (Å²) in [6, 6.07) is 6.12. The predicted molar refractivity (Wildman–Crippen MR) is 230 cm³/mol. The number of aromatic nitrogens is 1. The van der Waals surface area contributed by atoms with Crippen LogP contribution in [0.15, 0.2) is 54.7 Å². The number of aliphatic carboxylic acids is 2. The number of carbonyl (C=O) groups is 8. The van der Waals surface area contributed by atoms with Crippen molar-refractivity contribution in [2.24, 2.45) is 5.92 Å². The maximum absolute atomic E-state index is 14.4. The molecule has 1 aliphatic rings. The van der Waals surface area contributed by atoms with E-state index in [2.05, 4.69) is 42.2 Å². The van der Waals surface area contributed by atoms with Gasteiger partial charge in [0.2, 0.25) is 35.4 Å². The molecule has 0 spiro atoms. The number of carboxylic acid groups (broad SMARTS) is 2. The number of aromatic hydroxyl groups is 1. The Balaban J connectivity index is 1.61. The van der Waals surface area contributed by atoms with E-state index in [9.17, 15) is 48.6 Å². The lowest BCUT2D eigenvalue weighted by molar-refractivity contribution is -0.142. The molecule has 6 atom stereocenters. The topological polar surface area (TPSA) is 297 Å². The van der Waals surface area contributed by atoms with Crippen LogP contribution in [0.25, 0.3) is 10.9 Å². The minimum Gasteiger partial charge on any atom is -0.508 e. The third kappa shape index (κ3) is 15.1. The lowest BCUT2D eigenvalue weighted by Crippen LogP contribution is -2.60. The molecule has 1 saturated heterocycles. The Labute approximate surface area is 362 Å². The van der Waals surface area contributed by atoms with Crippen molar-refractivity contribution >= 4 is 70.0 Å². The second-order valence-electron chi connectivity index (χ2n) is 15.5. The Bertz CT molecular complexity index is 2050.